The molecule has 13 rings (SSSR count). The van der Waals surface area contributed by atoms with Crippen LogP contribution in [-0.2, 0) is 0 Å². The molecule has 59 heavy (non-hydrogen) atoms. The van der Waals surface area contributed by atoms with Gasteiger partial charge in [-0.05, 0) is 117 Å². The fourth-order valence-electron chi connectivity index (χ4n) is 9.73. The molecule has 10 aromatic carbocycles. The molecule has 3 heterocycles. The topological polar surface area (TPSA) is 23.0 Å². The van der Waals surface area contributed by atoms with Crippen molar-refractivity contribution in [2.45, 2.75) is 0 Å². The average Bonchev–Trinajstić information content (AvgIpc) is 3.95. The second-order valence-corrected chi connectivity index (χ2v) is 15.7. The first-order valence-corrected chi connectivity index (χ1v) is 20.2. The summed E-state index contributed by atoms with van der Waals surface area (Å²) in [7, 11) is 0. The van der Waals surface area contributed by atoms with E-state index in [0.717, 1.165) is 33.3 Å². The first-order valence-electron chi connectivity index (χ1n) is 20.2. The van der Waals surface area contributed by atoms with Crippen LogP contribution >= 0.6 is 0 Å². The van der Waals surface area contributed by atoms with Crippen LogP contribution in [0.15, 0.2) is 211 Å². The van der Waals surface area contributed by atoms with Crippen LogP contribution in [0.25, 0.3) is 121 Å². The molecule has 3 nitrogen and oxygen atoms in total. The zero-order valence-electron chi connectivity index (χ0n) is 31.9. The molecule has 0 amide bonds. The number of benzene rings is 10. The molecule has 0 aliphatic rings. The van der Waals surface area contributed by atoms with Gasteiger partial charge in [0.1, 0.15) is 11.2 Å². The summed E-state index contributed by atoms with van der Waals surface area (Å²) in [5.41, 5.74) is 13.6. The lowest BCUT2D eigenvalue weighted by Crippen LogP contribution is -1.95. The van der Waals surface area contributed by atoms with Gasteiger partial charge in [-0.2, -0.15) is 0 Å². The zero-order valence-corrected chi connectivity index (χ0v) is 31.9. The Labute approximate surface area is 339 Å². The van der Waals surface area contributed by atoms with E-state index in [0.29, 0.717) is 0 Å². The maximum atomic E-state index is 6.19. The molecule has 13 aromatic rings. The Morgan fingerprint density at radius 1 is 0.254 bits per heavy atom. The predicted molar refractivity (Wildman–Crippen MR) is 248 cm³/mol. The van der Waals surface area contributed by atoms with Crippen LogP contribution < -0.4 is 0 Å². The molecule has 0 atom stereocenters. The fourth-order valence-corrected chi connectivity index (χ4v) is 9.73. The van der Waals surface area contributed by atoms with E-state index in [1.165, 1.54) is 87.4 Å². The first kappa shape index (κ1) is 32.2. The van der Waals surface area contributed by atoms with Crippen LogP contribution in [-0.4, -0.2) is 9.13 Å². The minimum Gasteiger partial charge on any atom is -0.456 e. The number of furan rings is 1. The molecule has 274 valence electrons. The van der Waals surface area contributed by atoms with Gasteiger partial charge in [-0.15, -0.1) is 0 Å². The molecule has 0 aliphatic heterocycles. The van der Waals surface area contributed by atoms with Gasteiger partial charge in [0.2, 0.25) is 0 Å². The van der Waals surface area contributed by atoms with Gasteiger partial charge in [-0.3, -0.25) is 0 Å². The Balaban J connectivity index is 0.955. The monoisotopic (exact) mass is 750 g/mol. The summed E-state index contributed by atoms with van der Waals surface area (Å²) in [6, 6.07) is 75.2. The third kappa shape index (κ3) is 4.82. The van der Waals surface area contributed by atoms with Gasteiger partial charge in [0.25, 0.3) is 0 Å². The number of nitrogens with zero attached hydrogens (tertiary/aromatic N) is 2. The lowest BCUT2D eigenvalue weighted by molar-refractivity contribution is 0.669. The molecule has 0 aliphatic carbocycles. The van der Waals surface area contributed by atoms with Crippen LogP contribution in [0.3, 0.4) is 0 Å². The van der Waals surface area contributed by atoms with Crippen molar-refractivity contribution in [3.05, 3.63) is 206 Å². The molecule has 0 fully saturated rings. The molecular weight excluding hydrogens is 717 g/mol. The molecular formula is C56H34N2O. The van der Waals surface area contributed by atoms with Crippen LogP contribution in [0.2, 0.25) is 0 Å². The summed E-state index contributed by atoms with van der Waals surface area (Å²) in [5.74, 6) is 0. The molecule has 0 saturated carbocycles. The highest BCUT2D eigenvalue weighted by Gasteiger charge is 2.18. The van der Waals surface area contributed by atoms with Crippen LogP contribution in [0, 0.1) is 0 Å². The molecule has 3 aromatic heterocycles. The van der Waals surface area contributed by atoms with Gasteiger partial charge >= 0.3 is 0 Å². The van der Waals surface area contributed by atoms with Gasteiger partial charge in [-0.1, -0.05) is 133 Å². The van der Waals surface area contributed by atoms with E-state index in [4.69, 9.17) is 4.42 Å². The maximum Gasteiger partial charge on any atom is 0.135 e. The third-order valence-electron chi connectivity index (χ3n) is 12.5. The van der Waals surface area contributed by atoms with Crippen molar-refractivity contribution in [1.82, 2.24) is 9.13 Å². The van der Waals surface area contributed by atoms with Gasteiger partial charge in [0.15, 0.2) is 0 Å². The van der Waals surface area contributed by atoms with E-state index < -0.39 is 0 Å². The van der Waals surface area contributed by atoms with Crippen LogP contribution in [0.5, 0.6) is 0 Å². The molecule has 0 spiro atoms. The average molecular weight is 751 g/mol. The first-order chi connectivity index (χ1) is 29.2. The smallest absolute Gasteiger partial charge is 0.135 e. The Kier molecular flexibility index (Phi) is 6.72. The normalized spacial score (nSPS) is 12.1. The largest absolute Gasteiger partial charge is 0.456 e. The minimum absolute atomic E-state index is 0.903. The highest BCUT2D eigenvalue weighted by molar-refractivity contribution is 6.13. The van der Waals surface area contributed by atoms with Crippen molar-refractivity contribution in [1.29, 1.82) is 0 Å². The molecule has 0 radical (unpaired) electrons. The third-order valence-corrected chi connectivity index (χ3v) is 12.5. The van der Waals surface area contributed by atoms with E-state index in [-0.39, 0.29) is 0 Å². The number of para-hydroxylation sites is 3. The maximum absolute atomic E-state index is 6.19. The van der Waals surface area contributed by atoms with E-state index >= 15 is 0 Å². The van der Waals surface area contributed by atoms with Crippen molar-refractivity contribution < 1.29 is 4.42 Å². The molecule has 0 bridgehead atoms. The van der Waals surface area contributed by atoms with E-state index in [9.17, 15) is 0 Å². The second kappa shape index (κ2) is 12.3. The molecule has 0 unspecified atom stereocenters. The Hall–Kier alpha value is -7.88. The highest BCUT2D eigenvalue weighted by Crippen LogP contribution is 2.40. The van der Waals surface area contributed by atoms with Crippen LogP contribution in [0.1, 0.15) is 0 Å². The number of aromatic nitrogens is 2. The number of hydrogen-bond acceptors (Lipinski definition) is 1. The number of fused-ring (bicyclic) bond motifs is 12. The van der Waals surface area contributed by atoms with Gasteiger partial charge in [0.05, 0.1) is 22.1 Å². The Morgan fingerprint density at radius 2 is 0.814 bits per heavy atom. The van der Waals surface area contributed by atoms with E-state index in [1.54, 1.807) is 0 Å². The van der Waals surface area contributed by atoms with Crippen molar-refractivity contribution in [2.75, 3.05) is 0 Å². The zero-order chi connectivity index (χ0) is 38.6. The van der Waals surface area contributed by atoms with Gasteiger partial charge in [-0.25, -0.2) is 0 Å². The highest BCUT2D eigenvalue weighted by atomic mass is 16.3. The van der Waals surface area contributed by atoms with E-state index in [1.807, 2.05) is 12.1 Å². The summed E-state index contributed by atoms with van der Waals surface area (Å²) >= 11 is 0. The number of rotatable bonds is 4. The quantitative estimate of drug-likeness (QED) is 0.164. The Bertz CT molecular complexity index is 3860. The number of hydrogen-bond donors (Lipinski definition) is 0. The standard InChI is InChI=1S/C56H34N2O/c1-2-13-43-35(10-1)20-21-40-30-37(22-26-44(40)43)36-11-9-12-41(31-36)58-51-17-6-3-14-45(51)47-27-23-39(33-54(47)58)38-24-28-53-49(32-38)46-15-4-7-18-52(46)57(53)42-25-29-56-50(34-42)48-16-5-8-19-55(48)59-56/h1-34H. The molecule has 0 saturated heterocycles. The molecule has 3 heteroatoms. The van der Waals surface area contributed by atoms with Crippen molar-refractivity contribution in [3.63, 3.8) is 0 Å². The van der Waals surface area contributed by atoms with Crippen molar-refractivity contribution >= 4 is 87.1 Å². The lowest BCUT2D eigenvalue weighted by Gasteiger charge is -2.12. The van der Waals surface area contributed by atoms with Crippen molar-refractivity contribution in [3.8, 4) is 33.6 Å². The Morgan fingerprint density at radius 3 is 1.68 bits per heavy atom. The summed E-state index contributed by atoms with van der Waals surface area (Å²) in [4.78, 5) is 0. The summed E-state index contributed by atoms with van der Waals surface area (Å²) in [6.07, 6.45) is 0. The SMILES string of the molecule is c1cc(-c2ccc3c(ccc4ccccc43)c2)cc(-n2c3ccccc3c3ccc(-c4ccc5c(c4)c4ccccc4n5-c4ccc5oc6ccccc6c5c4)cc32)c1. The van der Waals surface area contributed by atoms with Crippen molar-refractivity contribution in [2.24, 2.45) is 0 Å². The lowest BCUT2D eigenvalue weighted by atomic mass is 9.97. The summed E-state index contributed by atoms with van der Waals surface area (Å²) in [6.45, 7) is 0. The van der Waals surface area contributed by atoms with E-state index in [2.05, 4.69) is 203 Å². The molecule has 0 N–H and O–H groups in total. The van der Waals surface area contributed by atoms with Gasteiger partial charge in [0, 0.05) is 43.7 Å². The second-order valence-electron chi connectivity index (χ2n) is 15.7. The van der Waals surface area contributed by atoms with Gasteiger partial charge < -0.3 is 13.6 Å². The summed E-state index contributed by atoms with van der Waals surface area (Å²) < 4.78 is 11.0. The fraction of sp³-hybridized carbons (Fsp3) is 0. The van der Waals surface area contributed by atoms with Crippen LogP contribution in [0.4, 0.5) is 0 Å². The minimum atomic E-state index is 0.903. The predicted octanol–water partition coefficient (Wildman–Crippen LogP) is 15.4. The summed E-state index contributed by atoms with van der Waals surface area (Å²) in [5, 5.41) is 12.3.